The van der Waals surface area contributed by atoms with Gasteiger partial charge in [-0.2, -0.15) is 0 Å². The van der Waals surface area contributed by atoms with Crippen LogP contribution in [-0.2, 0) is 23.4 Å². The maximum absolute atomic E-state index is 10.5. The minimum Gasteiger partial charge on any atom is -0.416 e. The highest BCUT2D eigenvalue weighted by atomic mass is 79.9. The summed E-state index contributed by atoms with van der Waals surface area (Å²) in [5.41, 5.74) is 5.70. The van der Waals surface area contributed by atoms with Crippen molar-refractivity contribution in [2.45, 2.75) is 87.5 Å². The third-order valence-corrected chi connectivity index (χ3v) is 11.3. The van der Waals surface area contributed by atoms with Crippen LogP contribution in [0.3, 0.4) is 0 Å². The topological polar surface area (TPSA) is 92.4 Å². The summed E-state index contributed by atoms with van der Waals surface area (Å²) in [4.78, 5) is -0.228. The molecule has 0 radical (unpaired) electrons. The molecular formula is C18H38BrNO6Si. The highest BCUT2D eigenvalue weighted by Crippen LogP contribution is 2.42. The Kier molecular flexibility index (Phi) is 8.53. The Balaban J connectivity index is 3.06. The van der Waals surface area contributed by atoms with E-state index in [1.807, 2.05) is 0 Å². The van der Waals surface area contributed by atoms with E-state index in [1.54, 1.807) is 13.8 Å². The van der Waals surface area contributed by atoms with Crippen LogP contribution in [-0.4, -0.2) is 75.5 Å². The minimum atomic E-state index is -1.94. The number of alkyl halides is 1. The molecule has 6 atom stereocenters. The Labute approximate surface area is 173 Å². The van der Waals surface area contributed by atoms with Crippen molar-refractivity contribution in [3.63, 3.8) is 0 Å². The number of aliphatic hydroxyl groups is 1. The van der Waals surface area contributed by atoms with Gasteiger partial charge >= 0.3 is 0 Å². The van der Waals surface area contributed by atoms with Crippen LogP contribution in [0.5, 0.6) is 0 Å². The van der Waals surface area contributed by atoms with E-state index in [-0.39, 0.29) is 16.4 Å². The molecule has 1 aliphatic heterocycles. The lowest BCUT2D eigenvalue weighted by Gasteiger charge is -2.53. The summed E-state index contributed by atoms with van der Waals surface area (Å²) in [5, 5.41) is 10.5. The molecule has 1 saturated heterocycles. The van der Waals surface area contributed by atoms with E-state index >= 15 is 0 Å². The molecule has 1 heterocycles. The first-order valence-electron chi connectivity index (χ1n) is 9.30. The van der Waals surface area contributed by atoms with Crippen LogP contribution >= 0.6 is 15.9 Å². The fourth-order valence-electron chi connectivity index (χ4n) is 2.65. The van der Waals surface area contributed by atoms with Crippen molar-refractivity contribution in [2.24, 2.45) is 5.73 Å². The van der Waals surface area contributed by atoms with E-state index < -0.39 is 38.2 Å². The zero-order valence-corrected chi connectivity index (χ0v) is 20.8. The lowest BCUT2D eigenvalue weighted by Crippen LogP contribution is -2.69. The number of rotatable bonds is 8. The molecule has 162 valence electrons. The normalized spacial score (nSPS) is 35.1. The van der Waals surface area contributed by atoms with Crippen molar-refractivity contribution in [3.05, 3.63) is 0 Å². The first-order valence-corrected chi connectivity index (χ1v) is 13.1. The monoisotopic (exact) mass is 471 g/mol. The Bertz CT molecular complexity index is 491. The third-order valence-electron chi connectivity index (χ3n) is 6.04. The predicted molar refractivity (Wildman–Crippen MR) is 111 cm³/mol. The summed E-state index contributed by atoms with van der Waals surface area (Å²) in [5.74, 6) is -2.37. The van der Waals surface area contributed by atoms with E-state index in [9.17, 15) is 5.11 Å². The zero-order valence-electron chi connectivity index (χ0n) is 18.2. The molecule has 7 nitrogen and oxygen atoms in total. The highest BCUT2D eigenvalue weighted by molar-refractivity contribution is 9.09. The second-order valence-corrected chi connectivity index (χ2v) is 14.8. The molecule has 0 aromatic rings. The van der Waals surface area contributed by atoms with Gasteiger partial charge < -0.3 is 34.2 Å². The third kappa shape index (κ3) is 5.32. The molecule has 0 bridgehead atoms. The van der Waals surface area contributed by atoms with Gasteiger partial charge in [-0.1, -0.05) is 36.7 Å². The number of aliphatic hydroxyl groups excluding tert-OH is 1. The Morgan fingerprint density at radius 1 is 1.11 bits per heavy atom. The van der Waals surface area contributed by atoms with Gasteiger partial charge in [-0.05, 0) is 32.0 Å². The summed E-state index contributed by atoms with van der Waals surface area (Å²) in [6.07, 6.45) is -2.16. The number of methoxy groups -OCH3 is 2. The minimum absolute atomic E-state index is 0.0385. The fourth-order valence-corrected chi connectivity index (χ4v) is 4.46. The van der Waals surface area contributed by atoms with E-state index in [0.717, 1.165) is 0 Å². The average Bonchev–Trinajstić information content (AvgIpc) is 2.59. The molecule has 0 aromatic heterocycles. The van der Waals surface area contributed by atoms with E-state index in [2.05, 4.69) is 49.8 Å². The lowest BCUT2D eigenvalue weighted by molar-refractivity contribution is -0.453. The zero-order chi connectivity index (χ0) is 21.3. The maximum atomic E-state index is 10.5. The first-order chi connectivity index (χ1) is 12.2. The van der Waals surface area contributed by atoms with Crippen molar-refractivity contribution in [1.29, 1.82) is 0 Å². The van der Waals surface area contributed by atoms with Crippen molar-refractivity contribution in [3.8, 4) is 0 Å². The Morgan fingerprint density at radius 2 is 1.56 bits per heavy atom. The van der Waals surface area contributed by atoms with Gasteiger partial charge in [0.1, 0.15) is 12.2 Å². The van der Waals surface area contributed by atoms with Crippen LogP contribution in [0.15, 0.2) is 0 Å². The van der Waals surface area contributed by atoms with Crippen LogP contribution in [0, 0.1) is 0 Å². The summed E-state index contributed by atoms with van der Waals surface area (Å²) in [7, 11) is 1.11. The highest BCUT2D eigenvalue weighted by Gasteiger charge is 2.59. The molecule has 0 amide bonds. The van der Waals surface area contributed by atoms with Gasteiger partial charge in [0.05, 0.1) is 10.9 Å². The molecule has 3 N–H and O–H groups in total. The average molecular weight is 472 g/mol. The molecule has 1 fully saturated rings. The molecular weight excluding hydrogens is 434 g/mol. The van der Waals surface area contributed by atoms with Gasteiger partial charge in [0.15, 0.2) is 8.32 Å². The maximum Gasteiger partial charge on any atom is 0.220 e. The Hall–Kier alpha value is 0.417. The van der Waals surface area contributed by atoms with Crippen molar-refractivity contribution in [2.75, 3.05) is 27.4 Å². The second kappa shape index (κ2) is 9.05. The van der Waals surface area contributed by atoms with Crippen molar-refractivity contribution >= 4 is 24.2 Å². The largest absolute Gasteiger partial charge is 0.416 e. The van der Waals surface area contributed by atoms with Gasteiger partial charge in [-0.3, -0.25) is 0 Å². The summed E-state index contributed by atoms with van der Waals surface area (Å²) >= 11 is 3.68. The summed E-state index contributed by atoms with van der Waals surface area (Å²) in [6, 6.07) is 0. The number of hydrogen-bond donors (Lipinski definition) is 2. The van der Waals surface area contributed by atoms with E-state index in [4.69, 9.17) is 29.1 Å². The molecule has 9 heteroatoms. The van der Waals surface area contributed by atoms with Crippen LogP contribution in [0.1, 0.15) is 34.6 Å². The van der Waals surface area contributed by atoms with Gasteiger partial charge in [0, 0.05) is 27.4 Å². The lowest BCUT2D eigenvalue weighted by atomic mass is 9.98. The molecule has 27 heavy (non-hydrogen) atoms. The van der Waals surface area contributed by atoms with E-state index in [1.165, 1.54) is 14.2 Å². The number of nitrogens with two attached hydrogens (primary N) is 1. The van der Waals surface area contributed by atoms with Crippen LogP contribution in [0.2, 0.25) is 18.1 Å². The van der Waals surface area contributed by atoms with E-state index in [0.29, 0.717) is 6.61 Å². The molecule has 0 aromatic carbocycles. The molecule has 0 aliphatic carbocycles. The predicted octanol–water partition coefficient (Wildman–Crippen LogP) is 2.60. The van der Waals surface area contributed by atoms with Crippen LogP contribution < -0.4 is 5.73 Å². The second-order valence-electron chi connectivity index (χ2n) is 8.85. The quantitative estimate of drug-likeness (QED) is 0.414. The van der Waals surface area contributed by atoms with Crippen molar-refractivity contribution < 1.29 is 28.5 Å². The number of hydrogen-bond acceptors (Lipinski definition) is 7. The smallest absolute Gasteiger partial charge is 0.220 e. The van der Waals surface area contributed by atoms with Gasteiger partial charge in [0.2, 0.25) is 11.6 Å². The molecule has 0 saturated carbocycles. The number of halogens is 1. The van der Waals surface area contributed by atoms with Crippen molar-refractivity contribution in [1.82, 2.24) is 0 Å². The van der Waals surface area contributed by atoms with Gasteiger partial charge in [-0.25, -0.2) is 0 Å². The van der Waals surface area contributed by atoms with Gasteiger partial charge in [0.25, 0.3) is 0 Å². The summed E-state index contributed by atoms with van der Waals surface area (Å²) in [6.45, 7) is 14.9. The SMILES string of the molecule is CO[C@@]1(C)O[C@H]([C@@H](O)CN)[C@@H]([C@@H](Br)CO[Si](C)(C)C(C)(C)C)O[C@]1(C)OC. The van der Waals surface area contributed by atoms with Crippen LogP contribution in [0.4, 0.5) is 0 Å². The number of ether oxygens (including phenoxy) is 4. The summed E-state index contributed by atoms with van der Waals surface area (Å²) < 4.78 is 29.9. The Morgan fingerprint density at radius 3 is 1.93 bits per heavy atom. The van der Waals surface area contributed by atoms with Gasteiger partial charge in [-0.15, -0.1) is 0 Å². The molecule has 1 aliphatic rings. The standard InChI is InChI=1S/C18H38BrNO6Si/c1-16(2,3)27(8,9)24-11-12(19)14-15(13(21)10-20)26-18(5,23-7)17(4,22-6)25-14/h12-15,21H,10-11,20H2,1-9H3/t12-,13-,14+,15+,17-,18-/m0/s1. The molecule has 0 spiro atoms. The fraction of sp³-hybridized carbons (Fsp3) is 1.00. The van der Waals surface area contributed by atoms with Crippen LogP contribution in [0.25, 0.3) is 0 Å². The molecule has 1 rings (SSSR count). The molecule has 0 unspecified atom stereocenters. The first kappa shape index (κ1) is 25.5.